The minimum atomic E-state index is -3.56. The molecule has 2 amide bonds. The van der Waals surface area contributed by atoms with Crippen molar-refractivity contribution < 1.29 is 22.7 Å². The average Bonchev–Trinajstić information content (AvgIpc) is 2.84. The van der Waals surface area contributed by atoms with Crippen LogP contribution in [0.25, 0.3) is 0 Å². The van der Waals surface area contributed by atoms with Crippen molar-refractivity contribution in [3.63, 3.8) is 0 Å². The Morgan fingerprint density at radius 1 is 1.08 bits per heavy atom. The van der Waals surface area contributed by atoms with E-state index in [1.807, 2.05) is 45.0 Å². The van der Waals surface area contributed by atoms with Gasteiger partial charge >= 0.3 is 0 Å². The Bertz CT molecular complexity index is 1140. The molecule has 0 saturated carbocycles. The number of ether oxygens (including phenoxy) is 1. The molecule has 1 N–H and O–H groups in total. The normalized spacial score (nSPS) is 12.9. The number of carbonyl (C=O) groups is 2. The molecule has 0 aliphatic carbocycles. The predicted octanol–water partition coefficient (Wildman–Crippen LogP) is 4.73. The van der Waals surface area contributed by atoms with Crippen molar-refractivity contribution in [3.05, 3.63) is 58.6 Å². The van der Waals surface area contributed by atoms with Crippen molar-refractivity contribution in [1.29, 1.82) is 0 Å². The van der Waals surface area contributed by atoms with Crippen LogP contribution < -0.4 is 14.4 Å². The van der Waals surface area contributed by atoms with Gasteiger partial charge in [0.2, 0.25) is 21.8 Å². The fourth-order valence-corrected chi connectivity index (χ4v) is 5.17. The second-order valence-electron chi connectivity index (χ2n) is 9.01. The first-order valence-electron chi connectivity index (χ1n) is 12.5. The van der Waals surface area contributed by atoms with Crippen LogP contribution in [0.15, 0.2) is 53.0 Å². The minimum Gasteiger partial charge on any atom is -0.494 e. The molecule has 37 heavy (non-hydrogen) atoms. The van der Waals surface area contributed by atoms with Crippen molar-refractivity contribution in [2.45, 2.75) is 65.6 Å². The molecular formula is C27H38BrN3O5S. The lowest BCUT2D eigenvalue weighted by molar-refractivity contribution is -0.140. The van der Waals surface area contributed by atoms with Crippen molar-refractivity contribution in [2.24, 2.45) is 0 Å². The van der Waals surface area contributed by atoms with Crippen LogP contribution in [-0.4, -0.2) is 56.6 Å². The zero-order valence-corrected chi connectivity index (χ0v) is 24.6. The maximum atomic E-state index is 13.4. The number of nitrogens with one attached hydrogen (secondary N) is 1. The fraction of sp³-hybridized carbons (Fsp3) is 0.481. The molecule has 8 nitrogen and oxygen atoms in total. The quantitative estimate of drug-likeness (QED) is 0.341. The second-order valence-corrected chi connectivity index (χ2v) is 11.8. The Balaban J connectivity index is 2.16. The molecule has 204 valence electrons. The van der Waals surface area contributed by atoms with E-state index in [1.54, 1.807) is 36.1 Å². The van der Waals surface area contributed by atoms with E-state index >= 15 is 0 Å². The van der Waals surface area contributed by atoms with Gasteiger partial charge in [-0.1, -0.05) is 35.0 Å². The van der Waals surface area contributed by atoms with Crippen molar-refractivity contribution in [1.82, 2.24) is 10.2 Å². The Kier molecular flexibility index (Phi) is 11.9. The van der Waals surface area contributed by atoms with Gasteiger partial charge in [-0.25, -0.2) is 8.42 Å². The van der Waals surface area contributed by atoms with Gasteiger partial charge in [-0.15, -0.1) is 0 Å². The number of halogens is 1. The summed E-state index contributed by atoms with van der Waals surface area (Å²) >= 11 is 3.46. The topological polar surface area (TPSA) is 96.0 Å². The lowest BCUT2D eigenvalue weighted by Gasteiger charge is -2.30. The molecule has 2 aromatic rings. The molecule has 2 atom stereocenters. The molecule has 0 heterocycles. The van der Waals surface area contributed by atoms with E-state index in [0.717, 1.165) is 22.7 Å². The van der Waals surface area contributed by atoms with Crippen molar-refractivity contribution in [3.8, 4) is 5.75 Å². The first-order chi connectivity index (χ1) is 17.5. The summed E-state index contributed by atoms with van der Waals surface area (Å²) in [7, 11) is -3.56. The Labute approximate surface area is 229 Å². The number of nitrogens with zero attached hydrogens (tertiary/aromatic N) is 2. The fourth-order valence-electron chi connectivity index (χ4n) is 3.76. The van der Waals surface area contributed by atoms with E-state index in [0.29, 0.717) is 24.5 Å². The highest BCUT2D eigenvalue weighted by atomic mass is 79.9. The lowest BCUT2D eigenvalue weighted by atomic mass is 10.1. The predicted molar refractivity (Wildman–Crippen MR) is 151 cm³/mol. The molecule has 0 radical (unpaired) electrons. The summed E-state index contributed by atoms with van der Waals surface area (Å²) in [5, 5.41) is 2.95. The highest BCUT2D eigenvalue weighted by Gasteiger charge is 2.27. The van der Waals surface area contributed by atoms with Gasteiger partial charge in [0, 0.05) is 30.0 Å². The van der Waals surface area contributed by atoms with E-state index in [1.165, 1.54) is 4.31 Å². The van der Waals surface area contributed by atoms with Gasteiger partial charge < -0.3 is 15.0 Å². The maximum absolute atomic E-state index is 13.4. The minimum absolute atomic E-state index is 0.00444. The number of amides is 2. The van der Waals surface area contributed by atoms with Gasteiger partial charge in [-0.05, 0) is 75.6 Å². The molecule has 10 heteroatoms. The van der Waals surface area contributed by atoms with Crippen LogP contribution in [0.5, 0.6) is 5.75 Å². The summed E-state index contributed by atoms with van der Waals surface area (Å²) in [6.07, 6.45) is 2.32. The molecular weight excluding hydrogens is 558 g/mol. The third-order valence-corrected chi connectivity index (χ3v) is 7.69. The van der Waals surface area contributed by atoms with Gasteiger partial charge in [0.05, 0.1) is 18.6 Å². The van der Waals surface area contributed by atoms with Gasteiger partial charge in [-0.2, -0.15) is 0 Å². The highest BCUT2D eigenvalue weighted by Crippen LogP contribution is 2.23. The monoisotopic (exact) mass is 595 g/mol. The van der Waals surface area contributed by atoms with Crippen LogP contribution >= 0.6 is 15.9 Å². The second kappa shape index (κ2) is 14.4. The van der Waals surface area contributed by atoms with Gasteiger partial charge in [0.25, 0.3) is 0 Å². The molecule has 0 bridgehead atoms. The number of rotatable bonds is 14. The first-order valence-corrected chi connectivity index (χ1v) is 15.1. The molecule has 0 fully saturated rings. The standard InChI is InChI=1S/C27H38BrN3O5S/c1-6-20(3)29-27(33)21(4)30(19-22-10-8-11-23(28)18-22)26(32)12-9-17-31(37(5,34)35)24-13-15-25(16-14-24)36-7-2/h8,10-11,13-16,18,20-21H,6-7,9,12,17,19H2,1-5H3,(H,29,33)/t20-,21-/m0/s1. The third kappa shape index (κ3) is 9.66. The Morgan fingerprint density at radius 2 is 1.76 bits per heavy atom. The summed E-state index contributed by atoms with van der Waals surface area (Å²) < 4.78 is 32.6. The molecule has 0 aliphatic heterocycles. The van der Waals surface area contributed by atoms with Gasteiger partial charge in [0.15, 0.2) is 0 Å². The molecule has 2 aromatic carbocycles. The van der Waals surface area contributed by atoms with Crippen LogP contribution in [0.4, 0.5) is 5.69 Å². The summed E-state index contributed by atoms with van der Waals surface area (Å²) in [6.45, 7) is 8.42. The Morgan fingerprint density at radius 3 is 2.32 bits per heavy atom. The Hall–Kier alpha value is -2.59. The van der Waals surface area contributed by atoms with E-state index in [9.17, 15) is 18.0 Å². The van der Waals surface area contributed by atoms with Gasteiger partial charge in [-0.3, -0.25) is 13.9 Å². The molecule has 2 rings (SSSR count). The number of carbonyl (C=O) groups excluding carboxylic acids is 2. The van der Waals surface area contributed by atoms with Crippen LogP contribution in [0.3, 0.4) is 0 Å². The van der Waals surface area contributed by atoms with Crippen molar-refractivity contribution >= 4 is 43.5 Å². The summed E-state index contributed by atoms with van der Waals surface area (Å²) in [5.41, 5.74) is 1.39. The maximum Gasteiger partial charge on any atom is 0.242 e. The zero-order chi connectivity index (χ0) is 27.6. The number of benzene rings is 2. The highest BCUT2D eigenvalue weighted by molar-refractivity contribution is 9.10. The van der Waals surface area contributed by atoms with E-state index in [-0.39, 0.29) is 37.4 Å². The summed E-state index contributed by atoms with van der Waals surface area (Å²) in [6, 6.07) is 13.7. The molecule has 0 aromatic heterocycles. The summed E-state index contributed by atoms with van der Waals surface area (Å²) in [4.78, 5) is 27.8. The molecule has 0 unspecified atom stereocenters. The summed E-state index contributed by atoms with van der Waals surface area (Å²) in [5.74, 6) is 0.222. The number of hydrogen-bond acceptors (Lipinski definition) is 5. The van der Waals surface area contributed by atoms with Gasteiger partial charge in [0.1, 0.15) is 11.8 Å². The first kappa shape index (κ1) is 30.6. The lowest BCUT2D eigenvalue weighted by Crippen LogP contribution is -2.49. The van der Waals surface area contributed by atoms with Crippen LogP contribution in [-0.2, 0) is 26.2 Å². The molecule has 0 spiro atoms. The number of anilines is 1. The number of sulfonamides is 1. The SMILES string of the molecule is CCOc1ccc(N(CCCC(=O)N(Cc2cccc(Br)c2)[C@@H](C)C(=O)N[C@@H](C)CC)S(C)(=O)=O)cc1. The van der Waals surface area contributed by atoms with Crippen LogP contribution in [0.2, 0.25) is 0 Å². The average molecular weight is 597 g/mol. The number of hydrogen-bond donors (Lipinski definition) is 1. The molecule has 0 saturated heterocycles. The molecule has 0 aliphatic rings. The largest absolute Gasteiger partial charge is 0.494 e. The zero-order valence-electron chi connectivity index (χ0n) is 22.2. The van der Waals surface area contributed by atoms with E-state index < -0.39 is 16.1 Å². The van der Waals surface area contributed by atoms with E-state index in [2.05, 4.69) is 21.2 Å². The van der Waals surface area contributed by atoms with Crippen molar-refractivity contribution in [2.75, 3.05) is 23.7 Å². The third-order valence-electron chi connectivity index (χ3n) is 6.00. The van der Waals surface area contributed by atoms with E-state index in [4.69, 9.17) is 4.74 Å². The van der Waals surface area contributed by atoms with Crippen LogP contribution in [0.1, 0.15) is 52.5 Å². The van der Waals surface area contributed by atoms with Crippen LogP contribution in [0, 0.1) is 0 Å². The smallest absolute Gasteiger partial charge is 0.242 e.